The molecule has 0 aliphatic heterocycles. The number of nitrogens with zero attached hydrogens (tertiary/aromatic N) is 2. The molecule has 2 rings (SSSR count). The van der Waals surface area contributed by atoms with Gasteiger partial charge in [-0.3, -0.25) is 0 Å². The summed E-state index contributed by atoms with van der Waals surface area (Å²) < 4.78 is 39.0. The van der Waals surface area contributed by atoms with Crippen molar-refractivity contribution >= 4 is 41.4 Å². The molecule has 0 aliphatic carbocycles. The fraction of sp³-hybridized carbons (Fsp3) is 0.182. The summed E-state index contributed by atoms with van der Waals surface area (Å²) in [7, 11) is 1.49. The third kappa shape index (κ3) is 3.13. The van der Waals surface area contributed by atoms with Crippen molar-refractivity contribution < 1.29 is 13.2 Å². The smallest absolute Gasteiger partial charge is 0.373 e. The summed E-state index contributed by atoms with van der Waals surface area (Å²) >= 11 is 11.8. The van der Waals surface area contributed by atoms with E-state index < -0.39 is 11.9 Å². The van der Waals surface area contributed by atoms with Gasteiger partial charge in [0.25, 0.3) is 0 Å². The molecule has 0 radical (unpaired) electrons. The van der Waals surface area contributed by atoms with Crippen LogP contribution in [-0.4, -0.2) is 16.8 Å². The van der Waals surface area contributed by atoms with Crippen LogP contribution in [0.2, 0.25) is 10.0 Å². The van der Waals surface area contributed by atoms with Crippen molar-refractivity contribution in [2.75, 3.05) is 12.4 Å². The first-order valence-corrected chi connectivity index (χ1v) is 5.89. The molecule has 0 saturated heterocycles. The summed E-state index contributed by atoms with van der Waals surface area (Å²) in [5.41, 5.74) is -0.734. The van der Waals surface area contributed by atoms with Crippen molar-refractivity contribution in [2.45, 2.75) is 6.18 Å². The van der Waals surface area contributed by atoms with Crippen LogP contribution in [0.3, 0.4) is 0 Å². The zero-order valence-electron chi connectivity index (χ0n) is 10.0. The number of hydrogen-bond acceptors (Lipinski definition) is 2. The van der Waals surface area contributed by atoms with Crippen molar-refractivity contribution in [1.82, 2.24) is 9.78 Å². The molecular weight excluding hydrogens is 337 g/mol. The van der Waals surface area contributed by atoms with E-state index in [1.54, 1.807) is 12.1 Å². The molecule has 1 aromatic carbocycles. The molecule has 1 heterocycles. The van der Waals surface area contributed by atoms with Gasteiger partial charge in [-0.25, -0.2) is 4.68 Å². The largest absolute Gasteiger partial charge is 0.435 e. The number of benzene rings is 1. The lowest BCUT2D eigenvalue weighted by Crippen LogP contribution is -2.08. The summed E-state index contributed by atoms with van der Waals surface area (Å²) in [6.45, 7) is 0. The molecule has 0 spiro atoms. The van der Waals surface area contributed by atoms with Gasteiger partial charge in [-0.15, -0.1) is 12.4 Å². The average Bonchev–Trinajstić information content (AvgIpc) is 2.76. The van der Waals surface area contributed by atoms with E-state index in [0.717, 1.165) is 10.7 Å². The summed E-state index contributed by atoms with van der Waals surface area (Å²) in [6, 6.07) is 5.55. The number of alkyl halides is 3. The fourth-order valence-electron chi connectivity index (χ4n) is 1.54. The van der Waals surface area contributed by atoms with Gasteiger partial charge in [0.05, 0.1) is 15.7 Å². The molecule has 3 nitrogen and oxygen atoms in total. The highest BCUT2D eigenvalue weighted by Crippen LogP contribution is 2.34. The van der Waals surface area contributed by atoms with Crippen LogP contribution in [0.5, 0.6) is 0 Å². The van der Waals surface area contributed by atoms with Crippen molar-refractivity contribution in [3.63, 3.8) is 0 Å². The van der Waals surface area contributed by atoms with Crippen LogP contribution < -0.4 is 5.32 Å². The number of nitrogens with one attached hydrogen (secondary N) is 1. The van der Waals surface area contributed by atoms with E-state index >= 15 is 0 Å². The van der Waals surface area contributed by atoms with E-state index in [1.807, 2.05) is 0 Å². The molecule has 0 amide bonds. The van der Waals surface area contributed by atoms with E-state index in [2.05, 4.69) is 10.4 Å². The number of halogens is 6. The van der Waals surface area contributed by atoms with Crippen molar-refractivity contribution in [1.29, 1.82) is 0 Å². The molecular formula is C11H9Cl3F3N3. The van der Waals surface area contributed by atoms with Crippen LogP contribution in [0, 0.1) is 0 Å². The average molecular weight is 347 g/mol. The number of hydrogen-bond donors (Lipinski definition) is 1. The van der Waals surface area contributed by atoms with Gasteiger partial charge in [-0.05, 0) is 12.1 Å². The molecule has 0 bridgehead atoms. The number of rotatable bonds is 2. The second kappa shape index (κ2) is 6.11. The Morgan fingerprint density at radius 3 is 2.45 bits per heavy atom. The van der Waals surface area contributed by atoms with Crippen molar-refractivity contribution in [2.24, 2.45) is 0 Å². The van der Waals surface area contributed by atoms with Crippen molar-refractivity contribution in [3.05, 3.63) is 40.0 Å². The van der Waals surface area contributed by atoms with Crippen molar-refractivity contribution in [3.8, 4) is 5.69 Å². The molecule has 0 unspecified atom stereocenters. The summed E-state index contributed by atoms with van der Waals surface area (Å²) in [4.78, 5) is 0. The molecule has 1 N–H and O–H groups in total. The highest BCUT2D eigenvalue weighted by molar-refractivity contribution is 6.43. The predicted molar refractivity (Wildman–Crippen MR) is 75.4 cm³/mol. The lowest BCUT2D eigenvalue weighted by molar-refractivity contribution is -0.141. The molecule has 0 saturated carbocycles. The first-order chi connectivity index (χ1) is 8.84. The second-order valence-corrected chi connectivity index (χ2v) is 4.43. The van der Waals surface area contributed by atoms with E-state index in [4.69, 9.17) is 23.2 Å². The zero-order valence-corrected chi connectivity index (χ0v) is 12.3. The van der Waals surface area contributed by atoms with Gasteiger partial charge in [0.1, 0.15) is 5.82 Å². The molecule has 0 aliphatic rings. The number of anilines is 1. The Balaban J connectivity index is 0.00000200. The van der Waals surface area contributed by atoms with Crippen LogP contribution in [0.25, 0.3) is 5.69 Å². The molecule has 110 valence electrons. The van der Waals surface area contributed by atoms with Gasteiger partial charge in [0, 0.05) is 13.1 Å². The zero-order chi connectivity index (χ0) is 14.2. The minimum Gasteiger partial charge on any atom is -0.373 e. The maximum atomic E-state index is 12.7. The fourth-order valence-corrected chi connectivity index (χ4v) is 1.91. The van der Waals surface area contributed by atoms with E-state index in [1.165, 1.54) is 13.1 Å². The molecule has 0 atom stereocenters. The van der Waals surface area contributed by atoms with E-state index in [0.29, 0.717) is 0 Å². The highest BCUT2D eigenvalue weighted by atomic mass is 35.5. The monoisotopic (exact) mass is 345 g/mol. The van der Waals surface area contributed by atoms with Gasteiger partial charge in [-0.2, -0.15) is 18.3 Å². The molecule has 0 fully saturated rings. The Morgan fingerprint density at radius 1 is 1.25 bits per heavy atom. The highest BCUT2D eigenvalue weighted by Gasteiger charge is 2.35. The summed E-state index contributed by atoms with van der Waals surface area (Å²) in [5, 5.41) is 6.52. The van der Waals surface area contributed by atoms with Gasteiger partial charge in [0.15, 0.2) is 5.69 Å². The molecule has 9 heteroatoms. The minimum atomic E-state index is -4.53. The normalized spacial score (nSPS) is 11.1. The first kappa shape index (κ1) is 16.9. The van der Waals surface area contributed by atoms with Crippen LogP contribution >= 0.6 is 35.6 Å². The summed E-state index contributed by atoms with van der Waals surface area (Å²) in [5.74, 6) is 0.163. The van der Waals surface area contributed by atoms with Crippen LogP contribution in [0.4, 0.5) is 19.0 Å². The second-order valence-electron chi connectivity index (χ2n) is 3.65. The Kier molecular flexibility index (Phi) is 5.18. The predicted octanol–water partition coefficient (Wildman–Crippen LogP) is 4.66. The molecule has 1 aromatic heterocycles. The third-order valence-electron chi connectivity index (χ3n) is 2.42. The first-order valence-electron chi connectivity index (χ1n) is 5.14. The van der Waals surface area contributed by atoms with Gasteiger partial charge >= 0.3 is 6.18 Å². The van der Waals surface area contributed by atoms with Crippen LogP contribution in [0.15, 0.2) is 24.3 Å². The van der Waals surface area contributed by atoms with E-state index in [-0.39, 0.29) is 34.0 Å². The molecule has 20 heavy (non-hydrogen) atoms. The Morgan fingerprint density at radius 2 is 1.90 bits per heavy atom. The SMILES string of the molecule is CNc1cc(C(F)(F)F)nn1-c1cccc(Cl)c1Cl.Cl. The Labute approximate surface area is 129 Å². The topological polar surface area (TPSA) is 29.9 Å². The summed E-state index contributed by atoms with van der Waals surface area (Å²) in [6.07, 6.45) is -4.53. The molecule has 2 aromatic rings. The van der Waals surface area contributed by atoms with Crippen LogP contribution in [0.1, 0.15) is 5.69 Å². The van der Waals surface area contributed by atoms with E-state index in [9.17, 15) is 13.2 Å². The third-order valence-corrected chi connectivity index (χ3v) is 3.22. The van der Waals surface area contributed by atoms with Gasteiger partial charge in [0.2, 0.25) is 0 Å². The standard InChI is InChI=1S/C11H8Cl2F3N3.ClH/c1-17-9-5-8(11(14,15)16)18-19(9)7-4-2-3-6(12)10(7)13;/h2-5,17H,1H3;1H. The van der Waals surface area contributed by atoms with Gasteiger partial charge in [-0.1, -0.05) is 29.3 Å². The Hall–Kier alpha value is -1.11. The maximum Gasteiger partial charge on any atom is 0.435 e. The number of aromatic nitrogens is 2. The van der Waals surface area contributed by atoms with Crippen LogP contribution in [-0.2, 0) is 6.18 Å². The maximum absolute atomic E-state index is 12.7. The quantitative estimate of drug-likeness (QED) is 0.857. The Bertz CT molecular complexity index is 611. The minimum absolute atomic E-state index is 0. The lowest BCUT2D eigenvalue weighted by atomic mass is 10.3. The van der Waals surface area contributed by atoms with Gasteiger partial charge < -0.3 is 5.32 Å². The lowest BCUT2D eigenvalue weighted by Gasteiger charge is -2.09.